The van der Waals surface area contributed by atoms with Crippen LogP contribution in [0.5, 0.6) is 0 Å². The lowest BCUT2D eigenvalue weighted by atomic mass is 9.96. The van der Waals surface area contributed by atoms with Crippen molar-refractivity contribution in [3.63, 3.8) is 0 Å². The molecule has 3 N–H and O–H groups in total. The van der Waals surface area contributed by atoms with E-state index in [-0.39, 0.29) is 5.91 Å². The van der Waals surface area contributed by atoms with Crippen LogP contribution in [0.15, 0.2) is 0 Å². The minimum atomic E-state index is 0.225. The summed E-state index contributed by atoms with van der Waals surface area (Å²) >= 11 is 1.93. The van der Waals surface area contributed by atoms with Crippen LogP contribution in [0.25, 0.3) is 0 Å². The van der Waals surface area contributed by atoms with Gasteiger partial charge in [-0.25, -0.2) is 0 Å². The highest BCUT2D eigenvalue weighted by Gasteiger charge is 2.17. The molecule has 2 unspecified atom stereocenters. The van der Waals surface area contributed by atoms with Crippen molar-refractivity contribution in [2.24, 2.45) is 11.7 Å². The number of carbonyl (C=O) groups is 1. The Balaban J connectivity index is 2.12. The molecule has 0 aromatic rings. The van der Waals surface area contributed by atoms with E-state index in [0.29, 0.717) is 18.4 Å². The normalized spacial score (nSPS) is 22.0. The smallest absolute Gasteiger partial charge is 0.220 e. The molecule has 0 aromatic carbocycles. The molecule has 0 aromatic heterocycles. The molecule has 0 aliphatic carbocycles. The zero-order valence-electron chi connectivity index (χ0n) is 10.2. The summed E-state index contributed by atoms with van der Waals surface area (Å²) < 4.78 is 0. The molecule has 1 amide bonds. The molecule has 1 rings (SSSR count). The Kier molecular flexibility index (Phi) is 6.88. The number of rotatable bonds is 7. The average Bonchev–Trinajstić information content (AvgIpc) is 2.76. The molecule has 1 heterocycles. The van der Waals surface area contributed by atoms with Crippen LogP contribution < -0.4 is 11.1 Å². The second-order valence-electron chi connectivity index (χ2n) is 4.52. The number of nitrogens with one attached hydrogen (secondary N) is 1. The lowest BCUT2D eigenvalue weighted by molar-refractivity contribution is -0.121. The Morgan fingerprint density at radius 2 is 2.38 bits per heavy atom. The first-order valence-electron chi connectivity index (χ1n) is 6.33. The second kappa shape index (κ2) is 7.96. The van der Waals surface area contributed by atoms with Crippen molar-refractivity contribution >= 4 is 17.7 Å². The molecule has 0 radical (unpaired) electrons. The minimum Gasteiger partial charge on any atom is -0.353 e. The quantitative estimate of drug-likeness (QED) is 0.717. The topological polar surface area (TPSA) is 55.1 Å². The summed E-state index contributed by atoms with van der Waals surface area (Å²) in [7, 11) is 0. The molecule has 16 heavy (non-hydrogen) atoms. The van der Waals surface area contributed by atoms with Crippen LogP contribution in [0.2, 0.25) is 0 Å². The van der Waals surface area contributed by atoms with Crippen molar-refractivity contribution in [3.8, 4) is 0 Å². The molecule has 1 saturated heterocycles. The molecule has 0 saturated carbocycles. The van der Waals surface area contributed by atoms with Gasteiger partial charge < -0.3 is 11.1 Å². The zero-order chi connectivity index (χ0) is 11.8. The molecule has 0 bridgehead atoms. The maximum absolute atomic E-state index is 11.7. The molecule has 1 aliphatic heterocycles. The van der Waals surface area contributed by atoms with E-state index < -0.39 is 0 Å². The standard InChI is InChI=1S/C12H24N2OS/c1-2-10(5-7-13)3-4-12(15)14-11-6-8-16-9-11/h10-11H,2-9,13H2,1H3,(H,14,15). The Hall–Kier alpha value is -0.220. The third-order valence-corrected chi connectivity index (χ3v) is 4.39. The fourth-order valence-electron chi connectivity index (χ4n) is 2.07. The zero-order valence-corrected chi connectivity index (χ0v) is 11.0. The van der Waals surface area contributed by atoms with Crippen molar-refractivity contribution in [3.05, 3.63) is 0 Å². The Labute approximate surface area is 103 Å². The van der Waals surface area contributed by atoms with E-state index >= 15 is 0 Å². The Morgan fingerprint density at radius 1 is 1.56 bits per heavy atom. The summed E-state index contributed by atoms with van der Waals surface area (Å²) in [6.45, 7) is 2.91. The van der Waals surface area contributed by atoms with Gasteiger partial charge in [-0.05, 0) is 37.5 Å². The summed E-state index contributed by atoms with van der Waals surface area (Å²) in [5.41, 5.74) is 5.54. The number of hydrogen-bond acceptors (Lipinski definition) is 3. The van der Waals surface area contributed by atoms with E-state index in [4.69, 9.17) is 5.73 Å². The van der Waals surface area contributed by atoms with Gasteiger partial charge in [0.25, 0.3) is 0 Å². The maximum atomic E-state index is 11.7. The van der Waals surface area contributed by atoms with Crippen molar-refractivity contribution in [2.75, 3.05) is 18.1 Å². The summed E-state index contributed by atoms with van der Waals surface area (Å²) in [6, 6.07) is 0.423. The van der Waals surface area contributed by atoms with Gasteiger partial charge in [0.2, 0.25) is 5.91 Å². The molecule has 2 atom stereocenters. The summed E-state index contributed by atoms with van der Waals surface area (Å²) in [5.74, 6) is 3.12. The van der Waals surface area contributed by atoms with Crippen molar-refractivity contribution < 1.29 is 4.79 Å². The Morgan fingerprint density at radius 3 is 2.94 bits per heavy atom. The summed E-state index contributed by atoms with van der Waals surface area (Å²) in [6.07, 6.45) is 4.96. The third kappa shape index (κ3) is 5.21. The number of amides is 1. The predicted molar refractivity (Wildman–Crippen MR) is 70.6 cm³/mol. The average molecular weight is 244 g/mol. The van der Waals surface area contributed by atoms with Crippen LogP contribution in [0.4, 0.5) is 0 Å². The van der Waals surface area contributed by atoms with Gasteiger partial charge in [-0.2, -0.15) is 11.8 Å². The summed E-state index contributed by atoms with van der Waals surface area (Å²) in [5, 5.41) is 3.11. The lowest BCUT2D eigenvalue weighted by Gasteiger charge is -2.15. The molecular weight excluding hydrogens is 220 g/mol. The third-order valence-electron chi connectivity index (χ3n) is 3.23. The highest BCUT2D eigenvalue weighted by molar-refractivity contribution is 7.99. The van der Waals surface area contributed by atoms with E-state index in [0.717, 1.165) is 38.0 Å². The molecule has 3 nitrogen and oxygen atoms in total. The van der Waals surface area contributed by atoms with Crippen LogP contribution in [0.1, 0.15) is 39.0 Å². The van der Waals surface area contributed by atoms with Gasteiger partial charge in [-0.1, -0.05) is 13.3 Å². The largest absolute Gasteiger partial charge is 0.353 e. The van der Waals surface area contributed by atoms with Crippen LogP contribution in [-0.4, -0.2) is 30.0 Å². The highest BCUT2D eigenvalue weighted by Crippen LogP contribution is 2.18. The van der Waals surface area contributed by atoms with Crippen LogP contribution in [-0.2, 0) is 4.79 Å². The van der Waals surface area contributed by atoms with Gasteiger partial charge in [0, 0.05) is 18.2 Å². The minimum absolute atomic E-state index is 0.225. The van der Waals surface area contributed by atoms with Gasteiger partial charge in [-0.3, -0.25) is 4.79 Å². The van der Waals surface area contributed by atoms with Gasteiger partial charge in [0.15, 0.2) is 0 Å². The number of carbonyl (C=O) groups excluding carboxylic acids is 1. The summed E-state index contributed by atoms with van der Waals surface area (Å²) in [4.78, 5) is 11.7. The van der Waals surface area contributed by atoms with Crippen LogP contribution in [0.3, 0.4) is 0 Å². The van der Waals surface area contributed by atoms with E-state index in [1.165, 1.54) is 5.75 Å². The monoisotopic (exact) mass is 244 g/mol. The molecule has 1 aliphatic rings. The van der Waals surface area contributed by atoms with Gasteiger partial charge >= 0.3 is 0 Å². The van der Waals surface area contributed by atoms with E-state index in [9.17, 15) is 4.79 Å². The fourth-order valence-corrected chi connectivity index (χ4v) is 3.22. The maximum Gasteiger partial charge on any atom is 0.220 e. The molecule has 94 valence electrons. The molecule has 0 spiro atoms. The van der Waals surface area contributed by atoms with Gasteiger partial charge in [-0.15, -0.1) is 0 Å². The van der Waals surface area contributed by atoms with E-state index in [2.05, 4.69) is 12.2 Å². The van der Waals surface area contributed by atoms with Crippen molar-refractivity contribution in [1.29, 1.82) is 0 Å². The molecule has 4 heteroatoms. The number of thioether (sulfide) groups is 1. The number of hydrogen-bond donors (Lipinski definition) is 2. The molecular formula is C12H24N2OS. The highest BCUT2D eigenvalue weighted by atomic mass is 32.2. The Bertz CT molecular complexity index is 205. The first-order chi connectivity index (χ1) is 7.76. The second-order valence-corrected chi connectivity index (χ2v) is 5.67. The predicted octanol–water partition coefficient (Wildman–Crippen LogP) is 1.76. The molecule has 1 fully saturated rings. The first-order valence-corrected chi connectivity index (χ1v) is 7.49. The van der Waals surface area contributed by atoms with Gasteiger partial charge in [0.1, 0.15) is 0 Å². The lowest BCUT2D eigenvalue weighted by Crippen LogP contribution is -2.34. The van der Waals surface area contributed by atoms with Crippen LogP contribution >= 0.6 is 11.8 Å². The fraction of sp³-hybridized carbons (Fsp3) is 0.917. The van der Waals surface area contributed by atoms with E-state index in [1.54, 1.807) is 0 Å². The van der Waals surface area contributed by atoms with Crippen molar-refractivity contribution in [2.45, 2.75) is 45.1 Å². The van der Waals surface area contributed by atoms with Crippen LogP contribution in [0, 0.1) is 5.92 Å². The SMILES string of the molecule is CCC(CCN)CCC(=O)NC1CCSC1. The van der Waals surface area contributed by atoms with Gasteiger partial charge in [0.05, 0.1) is 0 Å². The van der Waals surface area contributed by atoms with Crippen molar-refractivity contribution in [1.82, 2.24) is 5.32 Å². The number of nitrogens with two attached hydrogens (primary N) is 1. The first kappa shape index (κ1) is 13.8. The van der Waals surface area contributed by atoms with E-state index in [1.807, 2.05) is 11.8 Å².